The number of para-hydroxylation sites is 1. The van der Waals surface area contributed by atoms with Gasteiger partial charge in [0.2, 0.25) is 0 Å². The van der Waals surface area contributed by atoms with E-state index in [0.717, 1.165) is 28.3 Å². The second kappa shape index (κ2) is 6.72. The van der Waals surface area contributed by atoms with Crippen LogP contribution in [0.15, 0.2) is 65.8 Å². The quantitative estimate of drug-likeness (QED) is 0.775. The van der Waals surface area contributed by atoms with Crippen LogP contribution in [0, 0.1) is 5.82 Å². The molecule has 1 N–H and O–H groups in total. The second-order valence-electron chi connectivity index (χ2n) is 5.85. The maximum absolute atomic E-state index is 13.6. The van der Waals surface area contributed by atoms with E-state index in [1.807, 2.05) is 30.3 Å². The van der Waals surface area contributed by atoms with Gasteiger partial charge >= 0.3 is 0 Å². The summed E-state index contributed by atoms with van der Waals surface area (Å²) in [5, 5.41) is 7.26. The summed E-state index contributed by atoms with van der Waals surface area (Å²) in [4.78, 5) is 13.6. The molecule has 1 atom stereocenters. The molecule has 1 amide bonds. The average Bonchev–Trinajstić information content (AvgIpc) is 3.13. The number of halogens is 1. The van der Waals surface area contributed by atoms with E-state index in [2.05, 4.69) is 10.4 Å². The van der Waals surface area contributed by atoms with Crippen LogP contribution in [0.5, 0.6) is 0 Å². The number of aromatic nitrogens is 2. The summed E-state index contributed by atoms with van der Waals surface area (Å²) in [7, 11) is 0. The number of hydrogen-bond acceptors (Lipinski definition) is 3. The largest absolute Gasteiger partial charge is 0.345 e. The van der Waals surface area contributed by atoms with Gasteiger partial charge in [0, 0.05) is 16.8 Å². The fourth-order valence-electron chi connectivity index (χ4n) is 2.92. The van der Waals surface area contributed by atoms with Crippen LogP contribution in [-0.2, 0) is 0 Å². The van der Waals surface area contributed by atoms with Crippen molar-refractivity contribution in [2.45, 2.75) is 17.4 Å². The zero-order valence-electron chi connectivity index (χ0n) is 13.4. The van der Waals surface area contributed by atoms with Crippen molar-refractivity contribution in [1.29, 1.82) is 0 Å². The molecule has 126 valence electrons. The molecule has 1 aliphatic heterocycles. The third-order valence-electron chi connectivity index (χ3n) is 4.18. The van der Waals surface area contributed by atoms with Gasteiger partial charge < -0.3 is 5.32 Å². The number of carbonyl (C=O) groups is 1. The highest BCUT2D eigenvalue weighted by molar-refractivity contribution is 7.99. The highest BCUT2D eigenvalue weighted by Crippen LogP contribution is 2.36. The number of fused-ring (bicyclic) bond motifs is 1. The Morgan fingerprint density at radius 3 is 2.92 bits per heavy atom. The van der Waals surface area contributed by atoms with Crippen molar-refractivity contribution in [3.8, 4) is 5.69 Å². The summed E-state index contributed by atoms with van der Waals surface area (Å²) in [6, 6.07) is 14.2. The molecule has 3 aromatic rings. The van der Waals surface area contributed by atoms with E-state index in [1.54, 1.807) is 34.9 Å². The Bertz CT molecular complexity index is 910. The normalized spacial score (nSPS) is 16.3. The lowest BCUT2D eigenvalue weighted by Crippen LogP contribution is -2.30. The Labute approximate surface area is 149 Å². The molecule has 25 heavy (non-hydrogen) atoms. The van der Waals surface area contributed by atoms with Crippen molar-refractivity contribution in [2.24, 2.45) is 0 Å². The lowest BCUT2D eigenvalue weighted by molar-refractivity contribution is 0.0935. The molecular formula is C19H16FN3OS. The minimum absolute atomic E-state index is 0.181. The van der Waals surface area contributed by atoms with Crippen molar-refractivity contribution in [1.82, 2.24) is 15.1 Å². The molecule has 2 heterocycles. The molecule has 4 nitrogen and oxygen atoms in total. The Morgan fingerprint density at radius 2 is 2.08 bits per heavy atom. The van der Waals surface area contributed by atoms with E-state index in [-0.39, 0.29) is 17.8 Å². The van der Waals surface area contributed by atoms with Crippen molar-refractivity contribution < 1.29 is 9.18 Å². The summed E-state index contributed by atoms with van der Waals surface area (Å²) in [5.74, 6) is 0.416. The Kier molecular flexibility index (Phi) is 4.28. The molecule has 0 aliphatic carbocycles. The zero-order chi connectivity index (χ0) is 17.2. The summed E-state index contributed by atoms with van der Waals surface area (Å²) >= 11 is 1.69. The van der Waals surface area contributed by atoms with E-state index < -0.39 is 0 Å². The fraction of sp³-hybridized carbons (Fsp3) is 0.158. The fourth-order valence-corrected chi connectivity index (χ4v) is 4.02. The van der Waals surface area contributed by atoms with Crippen molar-refractivity contribution in [3.63, 3.8) is 0 Å². The number of hydrogen-bond donors (Lipinski definition) is 1. The van der Waals surface area contributed by atoms with Gasteiger partial charge in [-0.05, 0) is 42.3 Å². The summed E-state index contributed by atoms with van der Waals surface area (Å²) in [6.45, 7) is 0. The third kappa shape index (κ3) is 3.30. The lowest BCUT2D eigenvalue weighted by atomic mass is 10.0. The van der Waals surface area contributed by atoms with Gasteiger partial charge in [-0.2, -0.15) is 5.10 Å². The molecule has 6 heteroatoms. The van der Waals surface area contributed by atoms with Gasteiger partial charge in [0.25, 0.3) is 5.91 Å². The summed E-state index contributed by atoms with van der Waals surface area (Å²) in [6.07, 6.45) is 4.03. The van der Waals surface area contributed by atoms with E-state index in [1.165, 1.54) is 12.1 Å². The number of carbonyl (C=O) groups excluding carboxylic acids is 1. The molecule has 0 bridgehead atoms. The molecule has 2 aromatic carbocycles. The summed E-state index contributed by atoms with van der Waals surface area (Å²) in [5.41, 5.74) is 2.23. The Hall–Kier alpha value is -2.60. The highest BCUT2D eigenvalue weighted by Gasteiger charge is 2.23. The van der Waals surface area contributed by atoms with Crippen LogP contribution in [0.4, 0.5) is 4.39 Å². The average molecular weight is 353 g/mol. The van der Waals surface area contributed by atoms with Crippen molar-refractivity contribution >= 4 is 17.7 Å². The standard InChI is InChI=1S/C19H16FN3OS/c20-14-6-7-18-16(10-14)17(8-9-25-18)22-19(24)13-11-21-23(12-13)15-4-2-1-3-5-15/h1-7,10-12,17H,8-9H2,(H,22,24)/t17-/m1/s1. The molecule has 0 saturated heterocycles. The number of thioether (sulfide) groups is 1. The van der Waals surface area contributed by atoms with E-state index in [9.17, 15) is 9.18 Å². The van der Waals surface area contributed by atoms with E-state index in [4.69, 9.17) is 0 Å². The van der Waals surface area contributed by atoms with Gasteiger partial charge in [0.15, 0.2) is 0 Å². The summed E-state index contributed by atoms with van der Waals surface area (Å²) < 4.78 is 15.2. The second-order valence-corrected chi connectivity index (χ2v) is 6.99. The van der Waals surface area contributed by atoms with E-state index >= 15 is 0 Å². The van der Waals surface area contributed by atoms with Crippen LogP contribution < -0.4 is 5.32 Å². The van der Waals surface area contributed by atoms with Crippen LogP contribution in [-0.4, -0.2) is 21.4 Å². The smallest absolute Gasteiger partial charge is 0.254 e. The van der Waals surface area contributed by atoms with Crippen LogP contribution in [0.2, 0.25) is 0 Å². The monoisotopic (exact) mass is 353 g/mol. The number of benzene rings is 2. The minimum atomic E-state index is -0.280. The number of rotatable bonds is 3. The van der Waals surface area contributed by atoms with Gasteiger partial charge in [-0.25, -0.2) is 9.07 Å². The number of nitrogens with zero attached hydrogens (tertiary/aromatic N) is 2. The van der Waals surface area contributed by atoms with Gasteiger partial charge in [0.1, 0.15) is 5.82 Å². The molecule has 0 radical (unpaired) electrons. The first-order valence-corrected chi connectivity index (χ1v) is 9.02. The van der Waals surface area contributed by atoms with Crippen LogP contribution in [0.25, 0.3) is 5.69 Å². The van der Waals surface area contributed by atoms with Crippen molar-refractivity contribution in [2.75, 3.05) is 5.75 Å². The highest BCUT2D eigenvalue weighted by atomic mass is 32.2. The SMILES string of the molecule is O=C(N[C@@H]1CCSc2ccc(F)cc21)c1cnn(-c2ccccc2)c1. The number of amides is 1. The zero-order valence-corrected chi connectivity index (χ0v) is 14.2. The minimum Gasteiger partial charge on any atom is -0.345 e. The molecule has 4 rings (SSSR count). The maximum Gasteiger partial charge on any atom is 0.254 e. The van der Waals surface area contributed by atoms with Gasteiger partial charge in [-0.3, -0.25) is 4.79 Å². The molecular weight excluding hydrogens is 337 g/mol. The predicted octanol–water partition coefficient (Wildman–Crippen LogP) is 3.98. The third-order valence-corrected chi connectivity index (χ3v) is 5.30. The van der Waals surface area contributed by atoms with Gasteiger partial charge in [-0.15, -0.1) is 11.8 Å². The lowest BCUT2D eigenvalue weighted by Gasteiger charge is -2.25. The Balaban J connectivity index is 1.54. The van der Waals surface area contributed by atoms with Crippen LogP contribution >= 0.6 is 11.8 Å². The number of nitrogens with one attached hydrogen (secondary N) is 1. The first kappa shape index (κ1) is 15.9. The molecule has 1 aromatic heterocycles. The van der Waals surface area contributed by atoms with Crippen LogP contribution in [0.3, 0.4) is 0 Å². The van der Waals surface area contributed by atoms with Gasteiger partial charge in [0.05, 0.1) is 23.5 Å². The van der Waals surface area contributed by atoms with E-state index in [0.29, 0.717) is 5.56 Å². The van der Waals surface area contributed by atoms with Gasteiger partial charge in [-0.1, -0.05) is 18.2 Å². The van der Waals surface area contributed by atoms with Crippen LogP contribution in [0.1, 0.15) is 28.4 Å². The maximum atomic E-state index is 13.6. The first-order chi connectivity index (χ1) is 12.2. The first-order valence-electron chi connectivity index (χ1n) is 8.04. The molecule has 0 saturated carbocycles. The molecule has 0 unspecified atom stereocenters. The predicted molar refractivity (Wildman–Crippen MR) is 95.5 cm³/mol. The molecule has 0 spiro atoms. The molecule has 1 aliphatic rings. The topological polar surface area (TPSA) is 46.9 Å². The molecule has 0 fully saturated rings. The van der Waals surface area contributed by atoms with Crippen molar-refractivity contribution in [3.05, 3.63) is 77.9 Å². The Morgan fingerprint density at radius 1 is 1.24 bits per heavy atom.